The van der Waals surface area contributed by atoms with E-state index in [9.17, 15) is 4.21 Å². The second-order valence-corrected chi connectivity index (χ2v) is 9.70. The van der Waals surface area contributed by atoms with Crippen molar-refractivity contribution in [2.24, 2.45) is 10.3 Å². The quantitative estimate of drug-likeness (QED) is 0.853. The van der Waals surface area contributed by atoms with Gasteiger partial charge in [-0.05, 0) is 44.1 Å². The van der Waals surface area contributed by atoms with Gasteiger partial charge >= 0.3 is 0 Å². The maximum Gasteiger partial charge on any atom is 0.142 e. The first-order valence-electron chi connectivity index (χ1n) is 9.18. The number of aromatic amines is 1. The Hall–Kier alpha value is -1.63. The van der Waals surface area contributed by atoms with Gasteiger partial charge in [-0.2, -0.15) is 0 Å². The van der Waals surface area contributed by atoms with Crippen molar-refractivity contribution in [2.45, 2.75) is 45.1 Å². The average molecular weight is 364 g/mol. The van der Waals surface area contributed by atoms with E-state index < -0.39 is 9.73 Å². The summed E-state index contributed by atoms with van der Waals surface area (Å²) in [5, 5.41) is 1.07. The van der Waals surface area contributed by atoms with Gasteiger partial charge in [0.1, 0.15) is 17.8 Å². The molecular weight excluding hydrogens is 334 g/mol. The first-order chi connectivity index (χ1) is 12.1. The molecular formula is C18H29N5OS. The molecule has 0 bridgehead atoms. The zero-order valence-electron chi connectivity index (χ0n) is 15.4. The van der Waals surface area contributed by atoms with Gasteiger partial charge < -0.3 is 9.88 Å². The van der Waals surface area contributed by atoms with Gasteiger partial charge in [0.15, 0.2) is 0 Å². The van der Waals surface area contributed by atoms with E-state index in [1.54, 1.807) is 13.4 Å². The Morgan fingerprint density at radius 3 is 2.76 bits per heavy atom. The SMILES string of the molecule is CCCS(=O)(CC1CCC(N(C)c2ncnc3[nH]ccc23)CC1)=NC. The van der Waals surface area contributed by atoms with Crippen LogP contribution in [-0.4, -0.2) is 50.8 Å². The summed E-state index contributed by atoms with van der Waals surface area (Å²) in [6.07, 6.45) is 8.93. The van der Waals surface area contributed by atoms with Crippen molar-refractivity contribution in [1.82, 2.24) is 15.0 Å². The van der Waals surface area contributed by atoms with Crippen molar-refractivity contribution in [3.63, 3.8) is 0 Å². The number of anilines is 1. The van der Waals surface area contributed by atoms with E-state index >= 15 is 0 Å². The molecule has 25 heavy (non-hydrogen) atoms. The summed E-state index contributed by atoms with van der Waals surface area (Å²) in [6, 6.07) is 2.51. The minimum absolute atomic E-state index is 0.477. The van der Waals surface area contributed by atoms with Gasteiger partial charge in [0.2, 0.25) is 0 Å². The molecule has 2 heterocycles. The molecule has 0 amide bonds. The molecule has 0 aliphatic heterocycles. The first kappa shape index (κ1) is 18.2. The van der Waals surface area contributed by atoms with E-state index in [1.165, 1.54) is 0 Å². The monoisotopic (exact) mass is 363 g/mol. The van der Waals surface area contributed by atoms with E-state index in [0.717, 1.165) is 60.5 Å². The first-order valence-corrected chi connectivity index (χ1v) is 11.0. The Morgan fingerprint density at radius 1 is 1.32 bits per heavy atom. The third kappa shape index (κ3) is 3.97. The van der Waals surface area contributed by atoms with E-state index in [2.05, 4.69) is 38.2 Å². The highest BCUT2D eigenvalue weighted by Gasteiger charge is 2.27. The summed E-state index contributed by atoms with van der Waals surface area (Å²) < 4.78 is 17.0. The van der Waals surface area contributed by atoms with Gasteiger partial charge in [-0.1, -0.05) is 6.92 Å². The number of hydrogen-bond acceptors (Lipinski definition) is 5. The zero-order chi connectivity index (χ0) is 17.9. The average Bonchev–Trinajstić information content (AvgIpc) is 3.10. The molecule has 0 radical (unpaired) electrons. The molecule has 1 unspecified atom stereocenters. The van der Waals surface area contributed by atoms with Crippen LogP contribution in [0.4, 0.5) is 5.82 Å². The Labute approximate surface area is 150 Å². The molecule has 0 spiro atoms. The van der Waals surface area contributed by atoms with Gasteiger partial charge in [-0.25, -0.2) is 18.5 Å². The lowest BCUT2D eigenvalue weighted by molar-refractivity contribution is 0.342. The summed E-state index contributed by atoms with van der Waals surface area (Å²) in [5.41, 5.74) is 0.884. The summed E-state index contributed by atoms with van der Waals surface area (Å²) in [4.78, 5) is 14.2. The Morgan fingerprint density at radius 2 is 2.08 bits per heavy atom. The fourth-order valence-corrected chi connectivity index (χ4v) is 6.15. The topological polar surface area (TPSA) is 74.2 Å². The Bertz CT molecular complexity index is 816. The van der Waals surface area contributed by atoms with Crippen LogP contribution in [0.2, 0.25) is 0 Å². The van der Waals surface area contributed by atoms with Crippen molar-refractivity contribution in [3.05, 3.63) is 18.6 Å². The zero-order valence-corrected chi connectivity index (χ0v) is 16.3. The van der Waals surface area contributed by atoms with Crippen LogP contribution in [-0.2, 0) is 9.73 Å². The van der Waals surface area contributed by atoms with Crippen molar-refractivity contribution >= 4 is 26.6 Å². The van der Waals surface area contributed by atoms with Crippen LogP contribution in [0, 0.1) is 5.92 Å². The van der Waals surface area contributed by atoms with Crippen LogP contribution in [0.25, 0.3) is 11.0 Å². The standard InChI is InChI=1S/C18H29N5OS/c1-4-11-25(24,19-2)12-14-5-7-15(8-6-14)23(3)18-16-9-10-20-17(16)21-13-22-18/h9-10,13-15H,4-8,11-12H2,1-3H3,(H,20,21,22). The molecule has 6 nitrogen and oxygen atoms in total. The summed E-state index contributed by atoms with van der Waals surface area (Å²) in [5.74, 6) is 3.03. The summed E-state index contributed by atoms with van der Waals surface area (Å²) in [7, 11) is 1.84. The van der Waals surface area contributed by atoms with E-state index in [-0.39, 0.29) is 0 Å². The molecule has 2 aromatic rings. The predicted molar refractivity (Wildman–Crippen MR) is 105 cm³/mol. The molecule has 1 N–H and O–H groups in total. The maximum absolute atomic E-state index is 12.8. The second kappa shape index (κ2) is 7.72. The third-order valence-electron chi connectivity index (χ3n) is 5.38. The molecule has 3 rings (SSSR count). The van der Waals surface area contributed by atoms with Crippen molar-refractivity contribution < 1.29 is 4.21 Å². The van der Waals surface area contributed by atoms with Crippen LogP contribution < -0.4 is 4.90 Å². The van der Waals surface area contributed by atoms with Crippen molar-refractivity contribution in [3.8, 4) is 0 Å². The number of aromatic nitrogens is 3. The van der Waals surface area contributed by atoms with Crippen LogP contribution >= 0.6 is 0 Å². The minimum atomic E-state index is -2.00. The van der Waals surface area contributed by atoms with Crippen molar-refractivity contribution in [2.75, 3.05) is 30.5 Å². The van der Waals surface area contributed by atoms with Gasteiger partial charge in [0.05, 0.1) is 5.39 Å². The Balaban J connectivity index is 1.64. The van der Waals surface area contributed by atoms with Crippen LogP contribution in [0.3, 0.4) is 0 Å². The lowest BCUT2D eigenvalue weighted by atomic mass is 9.86. The number of hydrogen-bond donors (Lipinski definition) is 1. The molecule has 1 atom stereocenters. The largest absolute Gasteiger partial charge is 0.356 e. The number of nitrogens with zero attached hydrogens (tertiary/aromatic N) is 4. The maximum atomic E-state index is 12.8. The molecule has 2 aromatic heterocycles. The molecule has 0 aromatic carbocycles. The van der Waals surface area contributed by atoms with Crippen LogP contribution in [0.1, 0.15) is 39.0 Å². The van der Waals surface area contributed by atoms with Crippen LogP contribution in [0.15, 0.2) is 23.0 Å². The summed E-state index contributed by atoms with van der Waals surface area (Å²) in [6.45, 7) is 2.08. The minimum Gasteiger partial charge on any atom is -0.356 e. The van der Waals surface area contributed by atoms with Crippen molar-refractivity contribution in [1.29, 1.82) is 0 Å². The number of H-pyrrole nitrogens is 1. The second-order valence-electron chi connectivity index (χ2n) is 7.05. The van der Waals surface area contributed by atoms with Crippen LogP contribution in [0.5, 0.6) is 0 Å². The van der Waals surface area contributed by atoms with E-state index in [0.29, 0.717) is 12.0 Å². The van der Waals surface area contributed by atoms with E-state index in [4.69, 9.17) is 0 Å². The smallest absolute Gasteiger partial charge is 0.142 e. The van der Waals surface area contributed by atoms with Gasteiger partial charge in [0, 0.05) is 47.6 Å². The lowest BCUT2D eigenvalue weighted by Gasteiger charge is -2.35. The number of rotatable bonds is 6. The van der Waals surface area contributed by atoms with Gasteiger partial charge in [-0.15, -0.1) is 0 Å². The molecule has 0 saturated heterocycles. The van der Waals surface area contributed by atoms with Gasteiger partial charge in [-0.3, -0.25) is 0 Å². The lowest BCUT2D eigenvalue weighted by Crippen LogP contribution is -2.37. The predicted octanol–water partition coefficient (Wildman–Crippen LogP) is 3.46. The highest BCUT2D eigenvalue weighted by molar-refractivity contribution is 7.93. The van der Waals surface area contributed by atoms with E-state index in [1.807, 2.05) is 12.3 Å². The number of fused-ring (bicyclic) bond motifs is 1. The fraction of sp³-hybridized carbons (Fsp3) is 0.667. The molecule has 1 fully saturated rings. The molecule has 1 aliphatic rings. The molecule has 138 valence electrons. The number of nitrogens with one attached hydrogen (secondary N) is 1. The third-order valence-corrected chi connectivity index (χ3v) is 8.09. The molecule has 1 aliphatic carbocycles. The summed E-state index contributed by atoms with van der Waals surface area (Å²) >= 11 is 0. The highest BCUT2D eigenvalue weighted by Crippen LogP contribution is 2.32. The Kier molecular flexibility index (Phi) is 5.61. The molecule has 7 heteroatoms. The normalized spacial score (nSPS) is 23.3. The molecule has 1 saturated carbocycles. The van der Waals surface area contributed by atoms with Gasteiger partial charge in [0.25, 0.3) is 0 Å². The highest BCUT2D eigenvalue weighted by atomic mass is 32.2. The fourth-order valence-electron chi connectivity index (χ4n) is 3.95.